The van der Waals surface area contributed by atoms with Crippen molar-refractivity contribution in [2.24, 2.45) is 0 Å². The van der Waals surface area contributed by atoms with E-state index in [9.17, 15) is 8.42 Å². The van der Waals surface area contributed by atoms with Crippen LogP contribution < -0.4 is 0 Å². The smallest absolute Gasteiger partial charge is 0.296 e. The van der Waals surface area contributed by atoms with Crippen molar-refractivity contribution in [2.45, 2.75) is 23.8 Å². The lowest BCUT2D eigenvalue weighted by atomic mass is 9.89. The van der Waals surface area contributed by atoms with Crippen molar-refractivity contribution in [1.29, 1.82) is 0 Å². The van der Waals surface area contributed by atoms with Crippen LogP contribution in [0.3, 0.4) is 0 Å². The van der Waals surface area contributed by atoms with Crippen molar-refractivity contribution >= 4 is 26.0 Å². The first-order chi connectivity index (χ1) is 14.9. The van der Waals surface area contributed by atoms with E-state index in [0.717, 1.165) is 21.2 Å². The van der Waals surface area contributed by atoms with E-state index < -0.39 is 16.2 Å². The molecule has 0 spiro atoms. The maximum atomic E-state index is 12.8. The van der Waals surface area contributed by atoms with Crippen LogP contribution in [-0.2, 0) is 23.8 Å². The number of methoxy groups -OCH3 is 1. The van der Waals surface area contributed by atoms with Crippen LogP contribution in [0.5, 0.6) is 0 Å². The van der Waals surface area contributed by atoms with Gasteiger partial charge in [0, 0.05) is 17.5 Å². The van der Waals surface area contributed by atoms with Crippen molar-refractivity contribution in [3.8, 4) is 0 Å². The minimum Gasteiger partial charge on any atom is -0.359 e. The van der Waals surface area contributed by atoms with Gasteiger partial charge in [0.15, 0.2) is 0 Å². The van der Waals surface area contributed by atoms with Crippen LogP contribution in [0.2, 0.25) is 0 Å². The van der Waals surface area contributed by atoms with Gasteiger partial charge in [-0.2, -0.15) is 8.42 Å². The van der Waals surface area contributed by atoms with E-state index in [1.807, 2.05) is 61.5 Å². The van der Waals surface area contributed by atoms with Gasteiger partial charge in [-0.1, -0.05) is 76.1 Å². The SMILES string of the molecule is COCO[C@@H](c1ccccc1)[C@@H](COS(=O)(=O)c1ccc(C)cc1)c1ccc(Br)cc1. The molecule has 0 saturated heterocycles. The third-order valence-corrected chi connectivity index (χ3v) is 6.69. The average molecular weight is 505 g/mol. The molecule has 0 heterocycles. The summed E-state index contributed by atoms with van der Waals surface area (Å²) in [5.74, 6) is -0.383. The quantitative estimate of drug-likeness (QED) is 0.265. The van der Waals surface area contributed by atoms with Crippen molar-refractivity contribution in [2.75, 3.05) is 20.5 Å². The molecule has 164 valence electrons. The minimum atomic E-state index is -3.92. The molecular formula is C24H25BrO5S. The van der Waals surface area contributed by atoms with Gasteiger partial charge in [-0.25, -0.2) is 0 Å². The Morgan fingerprint density at radius 1 is 0.871 bits per heavy atom. The van der Waals surface area contributed by atoms with E-state index in [1.165, 1.54) is 0 Å². The van der Waals surface area contributed by atoms with Crippen LogP contribution in [0.4, 0.5) is 0 Å². The molecule has 0 unspecified atom stereocenters. The zero-order chi connectivity index (χ0) is 22.3. The number of halogens is 1. The Labute approximate surface area is 192 Å². The van der Waals surface area contributed by atoms with Crippen LogP contribution in [0.15, 0.2) is 88.2 Å². The molecule has 0 aliphatic rings. The highest BCUT2D eigenvalue weighted by Crippen LogP contribution is 2.36. The highest BCUT2D eigenvalue weighted by atomic mass is 79.9. The summed E-state index contributed by atoms with van der Waals surface area (Å²) in [7, 11) is -2.37. The normalized spacial score (nSPS) is 13.6. The van der Waals surface area contributed by atoms with E-state index in [0.29, 0.717) is 0 Å². The van der Waals surface area contributed by atoms with Gasteiger partial charge in [0.2, 0.25) is 0 Å². The summed E-state index contributed by atoms with van der Waals surface area (Å²) in [4.78, 5) is 0.127. The Kier molecular flexibility index (Phi) is 8.40. The van der Waals surface area contributed by atoms with Crippen LogP contribution in [-0.4, -0.2) is 28.9 Å². The third-order valence-electron chi connectivity index (χ3n) is 4.87. The Balaban J connectivity index is 1.93. The fourth-order valence-corrected chi connectivity index (χ4v) is 4.43. The molecule has 3 rings (SSSR count). The van der Waals surface area contributed by atoms with Gasteiger partial charge in [0.1, 0.15) is 6.79 Å². The van der Waals surface area contributed by atoms with Gasteiger partial charge in [-0.05, 0) is 42.3 Å². The van der Waals surface area contributed by atoms with Gasteiger partial charge in [0.25, 0.3) is 10.1 Å². The van der Waals surface area contributed by atoms with Crippen molar-refractivity contribution in [1.82, 2.24) is 0 Å². The van der Waals surface area contributed by atoms with Crippen LogP contribution in [0.25, 0.3) is 0 Å². The van der Waals surface area contributed by atoms with Crippen molar-refractivity contribution in [3.63, 3.8) is 0 Å². The number of rotatable bonds is 10. The molecule has 0 saturated carbocycles. The highest BCUT2D eigenvalue weighted by molar-refractivity contribution is 9.10. The van der Waals surface area contributed by atoms with Crippen molar-refractivity contribution in [3.05, 3.63) is 100 Å². The second-order valence-corrected chi connectivity index (χ2v) is 9.65. The molecule has 0 amide bonds. The van der Waals surface area contributed by atoms with E-state index >= 15 is 0 Å². The number of aryl methyl sites for hydroxylation is 1. The molecule has 0 radical (unpaired) electrons. The van der Waals surface area contributed by atoms with Gasteiger partial charge >= 0.3 is 0 Å². The molecule has 2 atom stereocenters. The van der Waals surface area contributed by atoms with Gasteiger partial charge in [0.05, 0.1) is 17.6 Å². The van der Waals surface area contributed by atoms with E-state index in [2.05, 4.69) is 15.9 Å². The number of benzene rings is 3. The van der Waals surface area contributed by atoms with Gasteiger partial charge in [-0.15, -0.1) is 0 Å². The van der Waals surface area contributed by atoms with E-state index in [4.69, 9.17) is 13.7 Å². The zero-order valence-corrected chi connectivity index (χ0v) is 19.8. The van der Waals surface area contributed by atoms with Crippen LogP contribution in [0, 0.1) is 6.92 Å². The molecule has 3 aromatic rings. The summed E-state index contributed by atoms with van der Waals surface area (Å²) in [5.41, 5.74) is 2.78. The molecule has 0 aliphatic heterocycles. The van der Waals surface area contributed by atoms with E-state index in [-0.39, 0.29) is 24.2 Å². The maximum absolute atomic E-state index is 12.8. The third kappa shape index (κ3) is 6.48. The Bertz CT molecular complexity index is 1050. The molecular weight excluding hydrogens is 480 g/mol. The molecule has 0 aromatic heterocycles. The summed E-state index contributed by atoms with van der Waals surface area (Å²) in [6.45, 7) is 1.89. The zero-order valence-electron chi connectivity index (χ0n) is 17.4. The van der Waals surface area contributed by atoms with Gasteiger partial charge in [-0.3, -0.25) is 4.18 Å². The molecule has 5 nitrogen and oxygen atoms in total. The molecule has 0 N–H and O–H groups in total. The Morgan fingerprint density at radius 2 is 1.52 bits per heavy atom. The molecule has 7 heteroatoms. The molecule has 3 aromatic carbocycles. The average Bonchev–Trinajstić information content (AvgIpc) is 2.78. The Hall–Kier alpha value is -2.03. The summed E-state index contributed by atoms with van der Waals surface area (Å²) in [5, 5.41) is 0. The molecule has 31 heavy (non-hydrogen) atoms. The number of hydrogen-bond acceptors (Lipinski definition) is 5. The summed E-state index contributed by atoms with van der Waals surface area (Å²) >= 11 is 3.45. The predicted octanol–water partition coefficient (Wildman–Crippen LogP) is 5.61. The molecule has 0 fully saturated rings. The minimum absolute atomic E-state index is 0.0668. The number of hydrogen-bond donors (Lipinski definition) is 0. The summed E-state index contributed by atoms with van der Waals surface area (Å²) in [6, 6.07) is 23.9. The lowest BCUT2D eigenvalue weighted by molar-refractivity contribution is -0.0860. The fourth-order valence-electron chi connectivity index (χ4n) is 3.23. The second-order valence-electron chi connectivity index (χ2n) is 7.11. The second kappa shape index (κ2) is 11.0. The van der Waals surface area contributed by atoms with Crippen LogP contribution in [0.1, 0.15) is 28.7 Å². The van der Waals surface area contributed by atoms with Gasteiger partial charge < -0.3 is 9.47 Å². The van der Waals surface area contributed by atoms with E-state index in [1.54, 1.807) is 31.4 Å². The molecule has 0 aliphatic carbocycles. The lowest BCUT2D eigenvalue weighted by Gasteiger charge is -2.28. The first kappa shape index (κ1) is 23.6. The first-order valence-corrected chi connectivity index (χ1v) is 12.0. The monoisotopic (exact) mass is 504 g/mol. The fraction of sp³-hybridized carbons (Fsp3) is 0.250. The number of ether oxygens (including phenoxy) is 2. The predicted molar refractivity (Wildman–Crippen MR) is 123 cm³/mol. The summed E-state index contributed by atoms with van der Waals surface area (Å²) < 4.78 is 43.2. The Morgan fingerprint density at radius 3 is 2.13 bits per heavy atom. The van der Waals surface area contributed by atoms with Crippen LogP contribution >= 0.6 is 15.9 Å². The lowest BCUT2D eigenvalue weighted by Crippen LogP contribution is -2.22. The maximum Gasteiger partial charge on any atom is 0.296 e. The molecule has 0 bridgehead atoms. The topological polar surface area (TPSA) is 61.8 Å². The largest absolute Gasteiger partial charge is 0.359 e. The summed E-state index contributed by atoms with van der Waals surface area (Å²) in [6.07, 6.45) is -0.462. The van der Waals surface area contributed by atoms with Crippen molar-refractivity contribution < 1.29 is 22.1 Å². The standard InChI is InChI=1S/C24H25BrO5S/c1-18-8-14-22(15-9-18)31(26,27)30-16-23(19-10-12-21(25)13-11-19)24(29-17-28-2)20-6-4-3-5-7-20/h3-15,23-24H,16-17H2,1-2H3/t23-,24-/m0/s1. The first-order valence-electron chi connectivity index (χ1n) is 9.78. The highest BCUT2D eigenvalue weighted by Gasteiger charge is 2.29.